The van der Waals surface area contributed by atoms with Crippen LogP contribution in [0.25, 0.3) is 27.6 Å². The van der Waals surface area contributed by atoms with Crippen LogP contribution in [0.2, 0.25) is 0 Å². The molecule has 0 unspecified atom stereocenters. The number of H-pyrrole nitrogens is 1. The third-order valence-corrected chi connectivity index (χ3v) is 6.53. The number of aryl methyl sites for hydroxylation is 1. The van der Waals surface area contributed by atoms with Gasteiger partial charge in [-0.2, -0.15) is 5.10 Å². The maximum atomic E-state index is 13.5. The summed E-state index contributed by atoms with van der Waals surface area (Å²) in [5, 5.41) is 7.38. The summed E-state index contributed by atoms with van der Waals surface area (Å²) in [5.74, 6) is 0.835. The van der Waals surface area contributed by atoms with Crippen molar-refractivity contribution in [2.75, 3.05) is 20.3 Å². The highest BCUT2D eigenvalue weighted by Gasteiger charge is 2.22. The fourth-order valence-electron chi connectivity index (χ4n) is 4.60. The van der Waals surface area contributed by atoms with Gasteiger partial charge in [0.05, 0.1) is 48.7 Å². The van der Waals surface area contributed by atoms with Gasteiger partial charge in [-0.1, -0.05) is 6.07 Å². The first-order chi connectivity index (χ1) is 18.4. The first-order valence-corrected chi connectivity index (χ1v) is 12.0. The van der Waals surface area contributed by atoms with Crippen molar-refractivity contribution in [1.29, 1.82) is 0 Å². The van der Waals surface area contributed by atoms with Crippen molar-refractivity contribution in [1.82, 2.24) is 24.3 Å². The molecule has 0 spiro atoms. The molecule has 0 aliphatic carbocycles. The van der Waals surface area contributed by atoms with E-state index < -0.39 is 11.5 Å². The van der Waals surface area contributed by atoms with Gasteiger partial charge >= 0.3 is 5.97 Å². The Morgan fingerprint density at radius 3 is 2.53 bits per heavy atom. The highest BCUT2D eigenvalue weighted by molar-refractivity contribution is 5.95. The van der Waals surface area contributed by atoms with Gasteiger partial charge in [-0.25, -0.2) is 9.78 Å². The van der Waals surface area contributed by atoms with Gasteiger partial charge in [0.25, 0.3) is 11.1 Å². The van der Waals surface area contributed by atoms with Crippen LogP contribution in [0.15, 0.2) is 58.4 Å². The van der Waals surface area contributed by atoms with Gasteiger partial charge in [-0.05, 0) is 42.8 Å². The monoisotopic (exact) mass is 513 g/mol. The van der Waals surface area contributed by atoms with Crippen LogP contribution in [0.5, 0.6) is 11.5 Å². The van der Waals surface area contributed by atoms with Crippen molar-refractivity contribution >= 4 is 27.8 Å². The van der Waals surface area contributed by atoms with E-state index in [1.807, 2.05) is 18.2 Å². The molecule has 5 heterocycles. The maximum absolute atomic E-state index is 13.5. The van der Waals surface area contributed by atoms with Crippen LogP contribution in [-0.4, -0.2) is 50.6 Å². The molecule has 0 saturated carbocycles. The Hall–Kier alpha value is -4.93. The lowest BCUT2D eigenvalue weighted by atomic mass is 10.1. The van der Waals surface area contributed by atoms with Gasteiger partial charge < -0.3 is 18.8 Å². The number of benzene rings is 1. The van der Waals surface area contributed by atoms with Gasteiger partial charge in [0.15, 0.2) is 17.3 Å². The molecule has 5 aromatic rings. The Kier molecular flexibility index (Phi) is 5.67. The first-order valence-electron chi connectivity index (χ1n) is 12.0. The predicted octanol–water partition coefficient (Wildman–Crippen LogP) is 2.73. The summed E-state index contributed by atoms with van der Waals surface area (Å²) in [6, 6.07) is 10.5. The second-order valence-corrected chi connectivity index (χ2v) is 8.96. The number of hydrogen-bond donors (Lipinski definition) is 1. The van der Waals surface area contributed by atoms with Gasteiger partial charge in [-0.15, -0.1) is 0 Å². The van der Waals surface area contributed by atoms with E-state index in [2.05, 4.69) is 15.2 Å². The van der Waals surface area contributed by atoms with Crippen molar-refractivity contribution < 1.29 is 19.0 Å². The van der Waals surface area contributed by atoms with Crippen molar-refractivity contribution in [2.24, 2.45) is 0 Å². The third-order valence-electron chi connectivity index (χ3n) is 6.53. The topological polar surface area (TPSA) is 130 Å². The number of pyridine rings is 3. The quantitative estimate of drug-likeness (QED) is 0.287. The van der Waals surface area contributed by atoms with Crippen molar-refractivity contribution in [3.05, 3.63) is 86.3 Å². The van der Waals surface area contributed by atoms with E-state index >= 15 is 0 Å². The molecule has 1 aromatic carbocycles. The molecule has 0 fully saturated rings. The van der Waals surface area contributed by atoms with E-state index in [1.165, 1.54) is 17.9 Å². The molecular formula is C27H23N5O6. The lowest BCUT2D eigenvalue weighted by Gasteiger charge is -2.12. The minimum atomic E-state index is -0.618. The van der Waals surface area contributed by atoms with Crippen LogP contribution in [0.4, 0.5) is 0 Å². The van der Waals surface area contributed by atoms with Gasteiger partial charge in [0, 0.05) is 24.5 Å². The largest absolute Gasteiger partial charge is 0.490 e. The van der Waals surface area contributed by atoms with Crippen LogP contribution >= 0.6 is 0 Å². The molecule has 1 aliphatic rings. The van der Waals surface area contributed by atoms with Gasteiger partial charge in [-0.3, -0.25) is 19.3 Å². The Balaban J connectivity index is 1.44. The molecule has 38 heavy (non-hydrogen) atoms. The van der Waals surface area contributed by atoms with Crippen LogP contribution in [-0.2, 0) is 11.3 Å². The number of fused-ring (bicyclic) bond motifs is 3. The zero-order valence-electron chi connectivity index (χ0n) is 20.7. The molecule has 6 rings (SSSR count). The Morgan fingerprint density at radius 1 is 1.00 bits per heavy atom. The lowest BCUT2D eigenvalue weighted by Crippen LogP contribution is -2.23. The molecule has 1 aliphatic heterocycles. The molecule has 0 bridgehead atoms. The van der Waals surface area contributed by atoms with Crippen LogP contribution in [0.1, 0.15) is 28.0 Å². The standard InChI is InChI=1S/C27H23N5O6/c1-15-23(27(35)36-2)24(30-29-15)32-9-7-20-18(26(32)34)13-17-19(28-20)6-8-31(25(17)33)14-16-4-5-21-22(12-16)38-11-3-10-37-21/h4-9,12-13H,3,10-11,14H2,1-2H3,(H,29,30). The Morgan fingerprint density at radius 2 is 1.74 bits per heavy atom. The highest BCUT2D eigenvalue weighted by atomic mass is 16.5. The summed E-state index contributed by atoms with van der Waals surface area (Å²) >= 11 is 0. The van der Waals surface area contributed by atoms with Gasteiger partial charge in [0.2, 0.25) is 0 Å². The van der Waals surface area contributed by atoms with E-state index in [9.17, 15) is 14.4 Å². The third kappa shape index (κ3) is 3.88. The second-order valence-electron chi connectivity index (χ2n) is 8.96. The Labute approximate surface area is 215 Å². The van der Waals surface area contributed by atoms with Crippen molar-refractivity contribution in [2.45, 2.75) is 19.9 Å². The minimum absolute atomic E-state index is 0.112. The second kappa shape index (κ2) is 9.18. The normalized spacial score (nSPS) is 13.0. The molecule has 11 heteroatoms. The maximum Gasteiger partial charge on any atom is 0.343 e. The Bertz CT molecular complexity index is 1850. The fourth-order valence-corrected chi connectivity index (χ4v) is 4.60. The number of ether oxygens (including phenoxy) is 3. The van der Waals surface area contributed by atoms with E-state index in [0.717, 1.165) is 12.0 Å². The first kappa shape index (κ1) is 23.5. The number of rotatable bonds is 4. The zero-order chi connectivity index (χ0) is 26.4. The van der Waals surface area contributed by atoms with E-state index in [-0.39, 0.29) is 22.3 Å². The van der Waals surface area contributed by atoms with E-state index in [1.54, 1.807) is 35.9 Å². The predicted molar refractivity (Wildman–Crippen MR) is 138 cm³/mol. The van der Waals surface area contributed by atoms with Crippen LogP contribution < -0.4 is 20.6 Å². The minimum Gasteiger partial charge on any atom is -0.490 e. The number of aromatic nitrogens is 5. The van der Waals surface area contributed by atoms with E-state index in [0.29, 0.717) is 53.4 Å². The number of hydrogen-bond acceptors (Lipinski definition) is 8. The average molecular weight is 514 g/mol. The molecule has 0 atom stereocenters. The van der Waals surface area contributed by atoms with Crippen LogP contribution in [0, 0.1) is 6.92 Å². The summed E-state index contributed by atoms with van der Waals surface area (Å²) in [4.78, 5) is 43.8. The summed E-state index contributed by atoms with van der Waals surface area (Å²) in [7, 11) is 1.26. The molecule has 0 amide bonds. The number of nitrogens with zero attached hydrogens (tertiary/aromatic N) is 4. The number of aromatic amines is 1. The number of carbonyl (C=O) groups is 1. The average Bonchev–Trinajstić information content (AvgIpc) is 3.15. The molecule has 11 nitrogen and oxygen atoms in total. The van der Waals surface area contributed by atoms with Crippen molar-refractivity contribution in [3.8, 4) is 17.3 Å². The number of nitrogens with one attached hydrogen (secondary N) is 1. The number of methoxy groups -OCH3 is 1. The SMILES string of the molecule is COC(=O)c1c(-n2ccc3nc4ccn(Cc5ccc6c(c5)OCCCO6)c(=O)c4cc3c2=O)n[nH]c1C. The molecular weight excluding hydrogens is 490 g/mol. The van der Waals surface area contributed by atoms with Gasteiger partial charge in [0.1, 0.15) is 5.56 Å². The lowest BCUT2D eigenvalue weighted by molar-refractivity contribution is 0.0600. The smallest absolute Gasteiger partial charge is 0.343 e. The molecule has 192 valence electrons. The summed E-state index contributed by atoms with van der Waals surface area (Å²) in [6.45, 7) is 3.14. The highest BCUT2D eigenvalue weighted by Crippen LogP contribution is 2.30. The van der Waals surface area contributed by atoms with E-state index in [4.69, 9.17) is 14.2 Å². The summed E-state index contributed by atoms with van der Waals surface area (Å²) in [5.41, 5.74) is 1.63. The number of esters is 1. The fraction of sp³-hybridized carbons (Fsp3) is 0.222. The summed E-state index contributed by atoms with van der Waals surface area (Å²) < 4.78 is 19.1. The molecule has 1 N–H and O–H groups in total. The molecule has 0 saturated heterocycles. The van der Waals surface area contributed by atoms with Crippen LogP contribution in [0.3, 0.4) is 0 Å². The van der Waals surface area contributed by atoms with Crippen molar-refractivity contribution in [3.63, 3.8) is 0 Å². The zero-order valence-corrected chi connectivity index (χ0v) is 20.7. The summed E-state index contributed by atoms with van der Waals surface area (Å²) in [6.07, 6.45) is 3.99. The molecule has 0 radical (unpaired) electrons. The molecule has 4 aromatic heterocycles. The number of carbonyl (C=O) groups excluding carboxylic acids is 1.